The molecule has 6 nitrogen and oxygen atoms in total. The molecule has 6 heteroatoms. The van der Waals surface area contributed by atoms with Crippen LogP contribution in [0.4, 0.5) is 4.79 Å². The molecule has 0 amide bonds. The fraction of sp³-hybridized carbons (Fsp3) is 0.700. The third kappa shape index (κ3) is 32.1. The maximum atomic E-state index is 11.3. The van der Waals surface area contributed by atoms with Crippen molar-refractivity contribution in [2.45, 2.75) is 194 Å². The van der Waals surface area contributed by atoms with Crippen LogP contribution in [0, 0.1) is 0 Å². The topological polar surface area (TPSA) is 68.2 Å². The lowest BCUT2D eigenvalue weighted by molar-refractivity contribution is 0.0843. The van der Waals surface area contributed by atoms with Gasteiger partial charge in [-0.15, -0.1) is 0 Å². The summed E-state index contributed by atoms with van der Waals surface area (Å²) in [5.41, 5.74) is 1.87. The number of carbonyl (C=O) groups is 1. The molecule has 320 valence electrons. The van der Waals surface area contributed by atoms with Crippen LogP contribution in [-0.2, 0) is 17.8 Å². The SMILES string of the molecule is CCCCC/C=C\C/C=C\CCCCCCCCOc1cc(COC(=O)O)c(OCCCCCCCC/C=C\C/C=C\CCCCC)cc1CCCCN(C)C. The largest absolute Gasteiger partial charge is 0.506 e. The van der Waals surface area contributed by atoms with Crippen LogP contribution < -0.4 is 9.47 Å². The molecule has 0 saturated carbocycles. The van der Waals surface area contributed by atoms with Crippen molar-refractivity contribution in [2.24, 2.45) is 0 Å². The Morgan fingerprint density at radius 2 is 0.946 bits per heavy atom. The fourth-order valence-electron chi connectivity index (χ4n) is 6.65. The molecule has 0 saturated heterocycles. The normalized spacial score (nSPS) is 12.0. The molecule has 1 N–H and O–H groups in total. The van der Waals surface area contributed by atoms with E-state index in [1.54, 1.807) is 0 Å². The number of carboxylic acid groups (broad SMARTS) is 1. The van der Waals surface area contributed by atoms with Crippen LogP contribution in [0.25, 0.3) is 0 Å². The highest BCUT2D eigenvalue weighted by molar-refractivity contribution is 5.57. The Kier molecular flexibility index (Phi) is 35.4. The van der Waals surface area contributed by atoms with E-state index in [9.17, 15) is 9.90 Å². The Bertz CT molecular complexity index is 1170. The number of ether oxygens (including phenoxy) is 3. The molecule has 0 radical (unpaired) electrons. The van der Waals surface area contributed by atoms with Crippen LogP contribution >= 0.6 is 0 Å². The van der Waals surface area contributed by atoms with Crippen LogP contribution in [0.1, 0.15) is 192 Å². The monoisotopic (exact) mass is 780 g/mol. The van der Waals surface area contributed by atoms with E-state index < -0.39 is 6.16 Å². The van der Waals surface area contributed by atoms with Crippen LogP contribution in [-0.4, -0.2) is 50.0 Å². The Labute approximate surface area is 345 Å². The summed E-state index contributed by atoms with van der Waals surface area (Å²) in [7, 11) is 4.22. The Balaban J connectivity index is 2.49. The summed E-state index contributed by atoms with van der Waals surface area (Å²) in [6.45, 7) is 6.78. The lowest BCUT2D eigenvalue weighted by Gasteiger charge is -2.18. The predicted octanol–water partition coefficient (Wildman–Crippen LogP) is 15.2. The molecule has 56 heavy (non-hydrogen) atoms. The minimum absolute atomic E-state index is 0.0451. The maximum Gasteiger partial charge on any atom is 0.506 e. The zero-order chi connectivity index (χ0) is 40.6. The summed E-state index contributed by atoms with van der Waals surface area (Å²) in [6.07, 6.45) is 49.3. The number of hydrogen-bond acceptors (Lipinski definition) is 5. The Morgan fingerprint density at radius 1 is 0.536 bits per heavy atom. The highest BCUT2D eigenvalue weighted by Crippen LogP contribution is 2.32. The van der Waals surface area contributed by atoms with Crippen molar-refractivity contribution in [1.29, 1.82) is 0 Å². The fourth-order valence-corrected chi connectivity index (χ4v) is 6.65. The minimum atomic E-state index is -1.28. The summed E-state index contributed by atoms with van der Waals surface area (Å²) >= 11 is 0. The van der Waals surface area contributed by atoms with E-state index in [-0.39, 0.29) is 6.61 Å². The second-order valence-electron chi connectivity index (χ2n) is 15.7. The Morgan fingerprint density at radius 3 is 1.39 bits per heavy atom. The van der Waals surface area contributed by atoms with Gasteiger partial charge in [-0.3, -0.25) is 0 Å². The molecule has 1 rings (SSSR count). The van der Waals surface area contributed by atoms with Gasteiger partial charge >= 0.3 is 6.16 Å². The number of nitrogens with zero attached hydrogens (tertiary/aromatic N) is 1. The van der Waals surface area contributed by atoms with Gasteiger partial charge in [0.25, 0.3) is 0 Å². The molecule has 0 atom stereocenters. The Hall–Kier alpha value is -2.99. The average Bonchev–Trinajstić information content (AvgIpc) is 3.18. The standard InChI is InChI=1S/C50H85NO5/c1-5-7-9-11-13-15-17-19-21-23-25-27-29-31-33-37-41-54-48-44-47(45-56-50(52)53)49(43-46(48)39-35-36-40-51(3)4)55-42-38-34-32-30-28-26-24-22-20-18-16-14-12-10-8-6-2/h13-16,19-22,43-44H,5-12,17-18,23-42,45H2,1-4H3,(H,52,53)/b15-13-,16-14-,21-19-,22-20-. The molecular formula is C50H85NO5. The lowest BCUT2D eigenvalue weighted by atomic mass is 10.0. The van der Waals surface area contributed by atoms with Gasteiger partial charge in [-0.2, -0.15) is 0 Å². The lowest BCUT2D eigenvalue weighted by Crippen LogP contribution is -2.13. The van der Waals surface area contributed by atoms with Crippen molar-refractivity contribution in [3.63, 3.8) is 0 Å². The number of rotatable bonds is 39. The van der Waals surface area contributed by atoms with Gasteiger partial charge in [0.05, 0.1) is 13.2 Å². The highest BCUT2D eigenvalue weighted by Gasteiger charge is 2.15. The van der Waals surface area contributed by atoms with E-state index in [4.69, 9.17) is 14.2 Å². The molecule has 0 heterocycles. The second-order valence-corrected chi connectivity index (χ2v) is 15.7. The highest BCUT2D eigenvalue weighted by atomic mass is 16.7. The molecule has 1 aromatic rings. The first kappa shape index (κ1) is 51.0. The van der Waals surface area contributed by atoms with Gasteiger partial charge in [0.2, 0.25) is 0 Å². The molecular weight excluding hydrogens is 695 g/mol. The van der Waals surface area contributed by atoms with Crippen molar-refractivity contribution in [3.8, 4) is 11.5 Å². The maximum absolute atomic E-state index is 11.3. The summed E-state index contributed by atoms with van der Waals surface area (Å²) in [6, 6.07) is 4.05. The van der Waals surface area contributed by atoms with E-state index in [1.165, 1.54) is 116 Å². The van der Waals surface area contributed by atoms with Crippen molar-refractivity contribution in [1.82, 2.24) is 4.90 Å². The molecule has 0 fully saturated rings. The van der Waals surface area contributed by atoms with Crippen LogP contribution in [0.3, 0.4) is 0 Å². The third-order valence-electron chi connectivity index (χ3n) is 10.1. The number of hydrogen-bond donors (Lipinski definition) is 1. The summed E-state index contributed by atoms with van der Waals surface area (Å²) < 4.78 is 17.7. The number of allylic oxidation sites excluding steroid dienone is 8. The summed E-state index contributed by atoms with van der Waals surface area (Å²) in [5.74, 6) is 1.56. The molecule has 0 aliphatic heterocycles. The predicted molar refractivity (Wildman–Crippen MR) is 240 cm³/mol. The van der Waals surface area contributed by atoms with E-state index in [0.717, 1.165) is 87.0 Å². The van der Waals surface area contributed by atoms with Crippen LogP contribution in [0.2, 0.25) is 0 Å². The van der Waals surface area contributed by atoms with Crippen molar-refractivity contribution in [3.05, 3.63) is 71.9 Å². The van der Waals surface area contributed by atoms with Crippen molar-refractivity contribution >= 4 is 6.16 Å². The van der Waals surface area contributed by atoms with E-state index >= 15 is 0 Å². The van der Waals surface area contributed by atoms with Gasteiger partial charge in [0.1, 0.15) is 18.1 Å². The molecule has 0 aliphatic rings. The zero-order valence-corrected chi connectivity index (χ0v) is 36.7. The van der Waals surface area contributed by atoms with Crippen LogP contribution in [0.5, 0.6) is 11.5 Å². The van der Waals surface area contributed by atoms with Crippen molar-refractivity contribution in [2.75, 3.05) is 33.9 Å². The molecule has 0 unspecified atom stereocenters. The van der Waals surface area contributed by atoms with Gasteiger partial charge in [0, 0.05) is 5.56 Å². The number of benzene rings is 1. The van der Waals surface area contributed by atoms with E-state index in [0.29, 0.717) is 13.2 Å². The molecule has 1 aromatic carbocycles. The van der Waals surface area contributed by atoms with Gasteiger partial charge in [-0.1, -0.05) is 140 Å². The quantitative estimate of drug-likeness (QED) is 0.0408. The third-order valence-corrected chi connectivity index (χ3v) is 10.1. The van der Waals surface area contributed by atoms with Gasteiger partial charge in [-0.05, 0) is 135 Å². The van der Waals surface area contributed by atoms with E-state index in [1.807, 2.05) is 6.07 Å². The smallest absolute Gasteiger partial charge is 0.493 e. The van der Waals surface area contributed by atoms with Gasteiger partial charge < -0.3 is 24.2 Å². The minimum Gasteiger partial charge on any atom is -0.493 e. The van der Waals surface area contributed by atoms with Crippen LogP contribution in [0.15, 0.2) is 60.7 Å². The summed E-state index contributed by atoms with van der Waals surface area (Å²) in [5, 5.41) is 9.27. The summed E-state index contributed by atoms with van der Waals surface area (Å²) in [4.78, 5) is 13.5. The average molecular weight is 780 g/mol. The zero-order valence-electron chi connectivity index (χ0n) is 36.7. The molecule has 0 aromatic heterocycles. The first-order valence-electron chi connectivity index (χ1n) is 23.0. The molecule has 0 bridgehead atoms. The first-order valence-corrected chi connectivity index (χ1v) is 23.0. The molecule has 0 spiro atoms. The van der Waals surface area contributed by atoms with Gasteiger partial charge in [-0.25, -0.2) is 4.79 Å². The number of aryl methyl sites for hydroxylation is 1. The molecule has 0 aliphatic carbocycles. The first-order chi connectivity index (χ1) is 27.5. The van der Waals surface area contributed by atoms with Gasteiger partial charge in [0.15, 0.2) is 0 Å². The van der Waals surface area contributed by atoms with E-state index in [2.05, 4.69) is 87.5 Å². The number of unbranched alkanes of at least 4 members (excludes halogenated alkanes) is 19. The second kappa shape index (κ2) is 38.9. The van der Waals surface area contributed by atoms with Crippen molar-refractivity contribution < 1.29 is 24.1 Å².